The fraction of sp³-hybridized carbons (Fsp3) is 0.250. The maximum absolute atomic E-state index is 11.6. The molecule has 0 heterocycles. The molecular weight excluding hydrogens is 206 g/mol. The molecule has 0 saturated heterocycles. The van der Waals surface area contributed by atoms with Crippen LogP contribution in [-0.2, 0) is 9.59 Å². The van der Waals surface area contributed by atoms with Gasteiger partial charge >= 0.3 is 5.97 Å². The van der Waals surface area contributed by atoms with Crippen LogP contribution in [-0.4, -0.2) is 22.6 Å². The smallest absolute Gasteiger partial charge is 0.314 e. The second-order valence-corrected chi connectivity index (χ2v) is 3.67. The molecule has 0 saturated carbocycles. The van der Waals surface area contributed by atoms with E-state index in [-0.39, 0.29) is 5.71 Å². The van der Waals surface area contributed by atoms with E-state index in [1.807, 2.05) is 6.92 Å². The van der Waals surface area contributed by atoms with Crippen LogP contribution in [0.3, 0.4) is 0 Å². The lowest BCUT2D eigenvalue weighted by Gasteiger charge is -2.07. The van der Waals surface area contributed by atoms with Crippen molar-refractivity contribution in [3.63, 3.8) is 0 Å². The van der Waals surface area contributed by atoms with Gasteiger partial charge in [-0.25, -0.2) is 0 Å². The summed E-state index contributed by atoms with van der Waals surface area (Å²) in [6.07, 6.45) is 0. The first-order valence-electron chi connectivity index (χ1n) is 4.86. The first-order chi connectivity index (χ1) is 7.43. The number of carboxylic acid groups (broad SMARTS) is 1. The van der Waals surface area contributed by atoms with E-state index in [2.05, 4.69) is 0 Å². The molecule has 1 unspecified atom stereocenters. The lowest BCUT2D eigenvalue weighted by molar-refractivity contribution is -0.143. The van der Waals surface area contributed by atoms with Crippen molar-refractivity contribution >= 4 is 17.5 Å². The summed E-state index contributed by atoms with van der Waals surface area (Å²) in [5, 5.41) is 16.3. The summed E-state index contributed by atoms with van der Waals surface area (Å²) in [4.78, 5) is 22.2. The number of carboxylic acids is 1. The Morgan fingerprint density at radius 3 is 2.19 bits per heavy atom. The highest BCUT2D eigenvalue weighted by Gasteiger charge is 2.24. The van der Waals surface area contributed by atoms with Gasteiger partial charge in [-0.3, -0.25) is 15.0 Å². The number of nitrogens with one attached hydrogen (secondary N) is 1. The zero-order valence-electron chi connectivity index (χ0n) is 9.15. The Morgan fingerprint density at radius 1 is 1.25 bits per heavy atom. The summed E-state index contributed by atoms with van der Waals surface area (Å²) in [7, 11) is 0. The normalized spacial score (nSPS) is 11.9. The molecule has 1 atom stereocenters. The van der Waals surface area contributed by atoms with E-state index in [0.29, 0.717) is 5.56 Å². The van der Waals surface area contributed by atoms with Gasteiger partial charge < -0.3 is 5.11 Å². The van der Waals surface area contributed by atoms with E-state index in [1.54, 1.807) is 24.3 Å². The molecule has 1 aromatic carbocycles. The van der Waals surface area contributed by atoms with Crippen LogP contribution in [0.4, 0.5) is 0 Å². The third kappa shape index (κ3) is 2.53. The lowest BCUT2D eigenvalue weighted by Crippen LogP contribution is -2.27. The third-order valence-electron chi connectivity index (χ3n) is 2.35. The highest BCUT2D eigenvalue weighted by molar-refractivity contribution is 6.47. The molecule has 1 aromatic rings. The number of ketones is 1. The van der Waals surface area contributed by atoms with Gasteiger partial charge in [-0.05, 0) is 13.8 Å². The van der Waals surface area contributed by atoms with Crippen molar-refractivity contribution in [1.29, 1.82) is 5.41 Å². The zero-order valence-corrected chi connectivity index (χ0v) is 9.15. The van der Waals surface area contributed by atoms with Crippen LogP contribution in [0.25, 0.3) is 0 Å². The number of hydrogen-bond acceptors (Lipinski definition) is 3. The third-order valence-corrected chi connectivity index (χ3v) is 2.35. The predicted octanol–water partition coefficient (Wildman–Crippen LogP) is 1.65. The van der Waals surface area contributed by atoms with E-state index in [9.17, 15) is 9.59 Å². The monoisotopic (exact) mass is 219 g/mol. The van der Waals surface area contributed by atoms with E-state index in [0.717, 1.165) is 5.56 Å². The average Bonchev–Trinajstić information content (AvgIpc) is 2.27. The van der Waals surface area contributed by atoms with Crippen LogP contribution >= 0.6 is 0 Å². The number of hydrogen-bond donors (Lipinski definition) is 2. The topological polar surface area (TPSA) is 78.2 Å². The molecule has 4 heteroatoms. The molecule has 0 aromatic heterocycles. The Bertz CT molecular complexity index is 434. The van der Waals surface area contributed by atoms with Crippen LogP contribution in [0.5, 0.6) is 0 Å². The molecular formula is C12H13NO3. The number of rotatable bonds is 4. The number of Topliss-reactive ketones (excluding diaryl/α,β-unsaturated/α-hetero) is 1. The summed E-state index contributed by atoms with van der Waals surface area (Å²) >= 11 is 0. The summed E-state index contributed by atoms with van der Waals surface area (Å²) in [6.45, 7) is 3.18. The van der Waals surface area contributed by atoms with Crippen molar-refractivity contribution in [2.45, 2.75) is 13.8 Å². The number of aryl methyl sites for hydroxylation is 1. The van der Waals surface area contributed by atoms with Gasteiger partial charge in [0.25, 0.3) is 0 Å². The Hall–Kier alpha value is -1.97. The fourth-order valence-electron chi connectivity index (χ4n) is 1.19. The standard InChI is InChI=1S/C12H13NO3/c1-7-3-5-9(6-4-7)10(13)11(14)8(2)12(15)16/h3-6,8,13H,1-2H3,(H,15,16). The number of carbonyl (C=O) groups excluding carboxylic acids is 1. The summed E-state index contributed by atoms with van der Waals surface area (Å²) in [6, 6.07) is 6.85. The minimum Gasteiger partial charge on any atom is -0.481 e. The molecule has 4 nitrogen and oxygen atoms in total. The Balaban J connectivity index is 2.90. The largest absolute Gasteiger partial charge is 0.481 e. The molecule has 1 rings (SSSR count). The maximum Gasteiger partial charge on any atom is 0.314 e. The van der Waals surface area contributed by atoms with E-state index >= 15 is 0 Å². The highest BCUT2D eigenvalue weighted by atomic mass is 16.4. The quantitative estimate of drug-likeness (QED) is 0.597. The Kier molecular flexibility index (Phi) is 3.55. The summed E-state index contributed by atoms with van der Waals surface area (Å²) < 4.78 is 0. The highest BCUT2D eigenvalue weighted by Crippen LogP contribution is 2.08. The molecule has 84 valence electrons. The number of carbonyl (C=O) groups is 2. The van der Waals surface area contributed by atoms with E-state index in [4.69, 9.17) is 10.5 Å². The van der Waals surface area contributed by atoms with Crippen molar-refractivity contribution in [2.75, 3.05) is 0 Å². The van der Waals surface area contributed by atoms with Gasteiger partial charge in [-0.1, -0.05) is 29.8 Å². The van der Waals surface area contributed by atoms with Gasteiger partial charge in [0.1, 0.15) is 11.6 Å². The zero-order chi connectivity index (χ0) is 12.3. The van der Waals surface area contributed by atoms with Gasteiger partial charge in [0.15, 0.2) is 5.78 Å². The van der Waals surface area contributed by atoms with Crippen LogP contribution < -0.4 is 0 Å². The molecule has 0 spiro atoms. The minimum absolute atomic E-state index is 0.255. The van der Waals surface area contributed by atoms with Gasteiger partial charge in [0, 0.05) is 5.56 Å². The van der Waals surface area contributed by atoms with Gasteiger partial charge in [0.05, 0.1) is 0 Å². The van der Waals surface area contributed by atoms with Crippen molar-refractivity contribution in [3.8, 4) is 0 Å². The van der Waals surface area contributed by atoms with Crippen LogP contribution in [0.1, 0.15) is 18.1 Å². The minimum atomic E-state index is -1.21. The first kappa shape index (κ1) is 12.1. The van der Waals surface area contributed by atoms with Crippen molar-refractivity contribution in [3.05, 3.63) is 35.4 Å². The molecule has 16 heavy (non-hydrogen) atoms. The number of aliphatic carboxylic acids is 1. The summed E-state index contributed by atoms with van der Waals surface area (Å²) in [5.74, 6) is -3.05. The van der Waals surface area contributed by atoms with E-state index < -0.39 is 17.7 Å². The van der Waals surface area contributed by atoms with Gasteiger partial charge in [-0.2, -0.15) is 0 Å². The molecule has 0 fully saturated rings. The molecule has 2 N–H and O–H groups in total. The molecule has 0 aliphatic rings. The first-order valence-corrected chi connectivity index (χ1v) is 4.86. The summed E-state index contributed by atoms with van der Waals surface area (Å²) in [5.41, 5.74) is 1.22. The maximum atomic E-state index is 11.6. The Morgan fingerprint density at radius 2 is 1.75 bits per heavy atom. The van der Waals surface area contributed by atoms with Crippen molar-refractivity contribution in [2.24, 2.45) is 5.92 Å². The van der Waals surface area contributed by atoms with Crippen LogP contribution in [0, 0.1) is 18.3 Å². The van der Waals surface area contributed by atoms with Gasteiger partial charge in [0.2, 0.25) is 0 Å². The lowest BCUT2D eigenvalue weighted by atomic mass is 9.97. The van der Waals surface area contributed by atoms with Gasteiger partial charge in [-0.15, -0.1) is 0 Å². The van der Waals surface area contributed by atoms with Crippen molar-refractivity contribution < 1.29 is 14.7 Å². The molecule has 0 aliphatic carbocycles. The van der Waals surface area contributed by atoms with Crippen LogP contribution in [0.2, 0.25) is 0 Å². The fourth-order valence-corrected chi connectivity index (χ4v) is 1.19. The SMILES string of the molecule is Cc1ccc(C(=N)C(=O)C(C)C(=O)O)cc1. The molecule has 0 bridgehead atoms. The Labute approximate surface area is 93.4 Å². The van der Waals surface area contributed by atoms with E-state index in [1.165, 1.54) is 6.92 Å². The second-order valence-electron chi connectivity index (χ2n) is 3.67. The molecule has 0 radical (unpaired) electrons. The molecule has 0 aliphatic heterocycles. The number of benzene rings is 1. The van der Waals surface area contributed by atoms with Crippen molar-refractivity contribution in [1.82, 2.24) is 0 Å². The second kappa shape index (κ2) is 4.70. The van der Waals surface area contributed by atoms with Crippen LogP contribution in [0.15, 0.2) is 24.3 Å². The molecule has 0 amide bonds. The predicted molar refractivity (Wildman–Crippen MR) is 59.8 cm³/mol. The average molecular weight is 219 g/mol.